The summed E-state index contributed by atoms with van der Waals surface area (Å²) in [4.78, 5) is 15.7. The minimum absolute atomic E-state index is 0.0402. The number of unbranched alkanes of at least 4 members (excludes halogenated alkanes) is 2. The van der Waals surface area contributed by atoms with Crippen LogP contribution in [0.1, 0.15) is 39.0 Å². The average Bonchev–Trinajstić information content (AvgIpc) is 2.43. The Kier molecular flexibility index (Phi) is 7.58. The molecule has 5 nitrogen and oxygen atoms in total. The number of anilines is 2. The molecule has 0 fully saturated rings. The zero-order chi connectivity index (χ0) is 13.9. The van der Waals surface area contributed by atoms with E-state index >= 15 is 0 Å². The first-order chi connectivity index (χ1) is 9.26. The van der Waals surface area contributed by atoms with Gasteiger partial charge in [0.25, 0.3) is 0 Å². The summed E-state index contributed by atoms with van der Waals surface area (Å²) in [6.07, 6.45) is 6.49. The summed E-state index contributed by atoms with van der Waals surface area (Å²) in [6.45, 7) is 3.67. The van der Waals surface area contributed by atoms with Gasteiger partial charge in [0.05, 0.1) is 11.9 Å². The molecule has 0 atom stereocenters. The molecule has 0 aliphatic carbocycles. The molecule has 0 saturated heterocycles. The van der Waals surface area contributed by atoms with Crippen molar-refractivity contribution in [3.8, 4) is 0 Å². The molecule has 0 aliphatic rings. The van der Waals surface area contributed by atoms with Crippen molar-refractivity contribution in [1.29, 1.82) is 0 Å². The fourth-order valence-electron chi connectivity index (χ4n) is 1.65. The number of pyridine rings is 1. The molecule has 0 bridgehead atoms. The van der Waals surface area contributed by atoms with E-state index in [0.29, 0.717) is 25.2 Å². The van der Waals surface area contributed by atoms with Gasteiger partial charge in [-0.15, -0.1) is 0 Å². The lowest BCUT2D eigenvalue weighted by atomic mass is 10.2. The van der Waals surface area contributed by atoms with Gasteiger partial charge in [-0.05, 0) is 31.5 Å². The summed E-state index contributed by atoms with van der Waals surface area (Å²) in [5.41, 5.74) is 6.34. The lowest BCUT2D eigenvalue weighted by Crippen LogP contribution is -2.14. The van der Waals surface area contributed by atoms with Gasteiger partial charge in [0.2, 0.25) is 5.91 Å². The van der Waals surface area contributed by atoms with E-state index in [1.807, 2.05) is 12.1 Å². The zero-order valence-electron chi connectivity index (χ0n) is 11.6. The predicted octanol–water partition coefficient (Wildman–Crippen LogP) is 2.36. The monoisotopic (exact) mass is 264 g/mol. The molecular formula is C14H24N4O. The molecule has 0 spiro atoms. The van der Waals surface area contributed by atoms with Crippen LogP contribution in [0.3, 0.4) is 0 Å². The number of hydrogen-bond donors (Lipinski definition) is 3. The van der Waals surface area contributed by atoms with Crippen LogP contribution in [0.25, 0.3) is 0 Å². The Morgan fingerprint density at radius 3 is 2.79 bits per heavy atom. The van der Waals surface area contributed by atoms with Crippen LogP contribution < -0.4 is 16.4 Å². The quantitative estimate of drug-likeness (QED) is 0.598. The first-order valence-corrected chi connectivity index (χ1v) is 6.96. The lowest BCUT2D eigenvalue weighted by molar-refractivity contribution is -0.116. The topological polar surface area (TPSA) is 80.0 Å². The minimum Gasteiger partial charge on any atom is -0.384 e. The Morgan fingerprint density at radius 1 is 1.32 bits per heavy atom. The number of nitrogens with zero attached hydrogens (tertiary/aromatic N) is 1. The minimum atomic E-state index is -0.0402. The van der Waals surface area contributed by atoms with Crippen LogP contribution in [0.4, 0.5) is 11.5 Å². The highest BCUT2D eigenvalue weighted by atomic mass is 16.1. The fraction of sp³-hybridized carbons (Fsp3) is 0.571. The highest BCUT2D eigenvalue weighted by Crippen LogP contribution is 2.10. The summed E-state index contributed by atoms with van der Waals surface area (Å²) < 4.78 is 0. The standard InChI is InChI=1S/C14H24N4O/c1-2-3-4-10-16-12-7-8-13(17-11-12)18-14(19)6-5-9-15/h7-8,11,16H,2-6,9-10,15H2,1H3,(H,17,18,19). The summed E-state index contributed by atoms with van der Waals surface area (Å²) in [7, 11) is 0. The molecule has 0 aromatic carbocycles. The van der Waals surface area contributed by atoms with E-state index in [1.165, 1.54) is 12.8 Å². The third-order valence-electron chi connectivity index (χ3n) is 2.75. The second kappa shape index (κ2) is 9.33. The van der Waals surface area contributed by atoms with E-state index in [1.54, 1.807) is 6.20 Å². The highest BCUT2D eigenvalue weighted by Gasteiger charge is 2.02. The molecule has 1 amide bonds. The van der Waals surface area contributed by atoms with Crippen LogP contribution in [0.2, 0.25) is 0 Å². The van der Waals surface area contributed by atoms with Gasteiger partial charge < -0.3 is 16.4 Å². The molecule has 0 aliphatic heterocycles. The normalized spacial score (nSPS) is 10.2. The van der Waals surface area contributed by atoms with Crippen molar-refractivity contribution >= 4 is 17.4 Å². The van der Waals surface area contributed by atoms with Crippen LogP contribution in [-0.2, 0) is 4.79 Å². The number of carbonyl (C=O) groups is 1. The molecule has 5 heteroatoms. The molecule has 4 N–H and O–H groups in total. The maximum atomic E-state index is 11.5. The van der Waals surface area contributed by atoms with Gasteiger partial charge in [0.15, 0.2) is 0 Å². The fourth-order valence-corrected chi connectivity index (χ4v) is 1.65. The average molecular weight is 264 g/mol. The predicted molar refractivity (Wildman–Crippen MR) is 79.2 cm³/mol. The van der Waals surface area contributed by atoms with Crippen LogP contribution in [0.5, 0.6) is 0 Å². The molecule has 0 unspecified atom stereocenters. The zero-order valence-corrected chi connectivity index (χ0v) is 11.6. The number of hydrogen-bond acceptors (Lipinski definition) is 4. The SMILES string of the molecule is CCCCCNc1ccc(NC(=O)CCCN)nc1. The van der Waals surface area contributed by atoms with Crippen molar-refractivity contribution in [1.82, 2.24) is 4.98 Å². The third-order valence-corrected chi connectivity index (χ3v) is 2.75. The van der Waals surface area contributed by atoms with Gasteiger partial charge >= 0.3 is 0 Å². The van der Waals surface area contributed by atoms with E-state index < -0.39 is 0 Å². The van der Waals surface area contributed by atoms with Crippen LogP contribution in [0, 0.1) is 0 Å². The smallest absolute Gasteiger partial charge is 0.225 e. The molecule has 106 valence electrons. The Balaban J connectivity index is 2.32. The van der Waals surface area contributed by atoms with E-state index in [2.05, 4.69) is 22.5 Å². The highest BCUT2D eigenvalue weighted by molar-refractivity contribution is 5.89. The van der Waals surface area contributed by atoms with Gasteiger partial charge in [-0.2, -0.15) is 0 Å². The van der Waals surface area contributed by atoms with Gasteiger partial charge in [-0.25, -0.2) is 4.98 Å². The third kappa shape index (κ3) is 6.76. The number of rotatable bonds is 9. The van der Waals surface area contributed by atoms with E-state index in [-0.39, 0.29) is 5.91 Å². The van der Waals surface area contributed by atoms with Crippen LogP contribution >= 0.6 is 0 Å². The van der Waals surface area contributed by atoms with E-state index in [0.717, 1.165) is 18.7 Å². The van der Waals surface area contributed by atoms with Gasteiger partial charge in [0, 0.05) is 13.0 Å². The summed E-state index contributed by atoms with van der Waals surface area (Å²) in [5.74, 6) is 0.544. The largest absolute Gasteiger partial charge is 0.384 e. The Bertz CT molecular complexity index is 364. The van der Waals surface area contributed by atoms with Gasteiger partial charge in [-0.3, -0.25) is 4.79 Å². The van der Waals surface area contributed by atoms with Crippen molar-refractivity contribution in [2.24, 2.45) is 5.73 Å². The maximum absolute atomic E-state index is 11.5. The lowest BCUT2D eigenvalue weighted by Gasteiger charge is -2.07. The van der Waals surface area contributed by atoms with Crippen LogP contribution in [-0.4, -0.2) is 24.0 Å². The van der Waals surface area contributed by atoms with Crippen LogP contribution in [0.15, 0.2) is 18.3 Å². The molecule has 1 aromatic heterocycles. The van der Waals surface area contributed by atoms with Crippen molar-refractivity contribution in [3.05, 3.63) is 18.3 Å². The maximum Gasteiger partial charge on any atom is 0.225 e. The van der Waals surface area contributed by atoms with E-state index in [9.17, 15) is 4.79 Å². The van der Waals surface area contributed by atoms with Crippen molar-refractivity contribution < 1.29 is 4.79 Å². The summed E-state index contributed by atoms with van der Waals surface area (Å²) in [5, 5.41) is 6.05. The van der Waals surface area contributed by atoms with Crippen molar-refractivity contribution in [2.45, 2.75) is 39.0 Å². The van der Waals surface area contributed by atoms with Gasteiger partial charge in [0.1, 0.15) is 5.82 Å². The summed E-state index contributed by atoms with van der Waals surface area (Å²) >= 11 is 0. The van der Waals surface area contributed by atoms with Gasteiger partial charge in [-0.1, -0.05) is 19.8 Å². The molecule has 19 heavy (non-hydrogen) atoms. The molecule has 0 radical (unpaired) electrons. The Morgan fingerprint density at radius 2 is 2.16 bits per heavy atom. The van der Waals surface area contributed by atoms with Crippen molar-refractivity contribution in [3.63, 3.8) is 0 Å². The second-order valence-corrected chi connectivity index (χ2v) is 4.51. The van der Waals surface area contributed by atoms with E-state index in [4.69, 9.17) is 5.73 Å². The van der Waals surface area contributed by atoms with Crippen molar-refractivity contribution in [2.75, 3.05) is 23.7 Å². The first-order valence-electron chi connectivity index (χ1n) is 6.96. The molecule has 1 rings (SSSR count). The number of carbonyl (C=O) groups excluding carboxylic acids is 1. The second-order valence-electron chi connectivity index (χ2n) is 4.51. The Hall–Kier alpha value is -1.62. The summed E-state index contributed by atoms with van der Waals surface area (Å²) in [6, 6.07) is 3.74. The molecular weight excluding hydrogens is 240 g/mol. The number of nitrogens with two attached hydrogens (primary N) is 1. The number of nitrogens with one attached hydrogen (secondary N) is 2. The number of aromatic nitrogens is 1. The molecule has 1 heterocycles. The Labute approximate surface area is 115 Å². The first kappa shape index (κ1) is 15.4. The molecule has 1 aromatic rings. The molecule has 0 saturated carbocycles. The number of amides is 1.